The monoisotopic (exact) mass is 290 g/mol. The zero-order valence-electron chi connectivity index (χ0n) is 11.6. The van der Waals surface area contributed by atoms with Gasteiger partial charge in [0.15, 0.2) is 5.78 Å². The van der Waals surface area contributed by atoms with Crippen LogP contribution in [0.15, 0.2) is 36.5 Å². The topological polar surface area (TPSA) is 33.2 Å². The molecule has 3 nitrogen and oxygen atoms in total. The number of nitrogens with zero attached hydrogens (tertiary/aromatic N) is 2. The highest BCUT2D eigenvalue weighted by Crippen LogP contribution is 2.28. The lowest BCUT2D eigenvalue weighted by Crippen LogP contribution is -2.02. The molecule has 5 heteroatoms. The minimum atomic E-state index is -0.310. The van der Waals surface area contributed by atoms with Crippen LogP contribution in [0.2, 0.25) is 0 Å². The fourth-order valence-electron chi connectivity index (χ4n) is 1.66. The standard InChI is InChI=1S/C15H15FN2OS/c1-10-14(13(19)7-8-18(2)3)20-15(17-10)11-5-4-6-12(16)9-11/h4-9H,1-3H3/b8-7+. The van der Waals surface area contributed by atoms with E-state index in [-0.39, 0.29) is 11.6 Å². The van der Waals surface area contributed by atoms with Gasteiger partial charge in [0.1, 0.15) is 10.8 Å². The summed E-state index contributed by atoms with van der Waals surface area (Å²) in [5.41, 5.74) is 1.36. The van der Waals surface area contributed by atoms with Gasteiger partial charge in [-0.1, -0.05) is 12.1 Å². The average molecular weight is 290 g/mol. The van der Waals surface area contributed by atoms with Crippen LogP contribution in [0.25, 0.3) is 10.6 Å². The number of halogens is 1. The quantitative estimate of drug-likeness (QED) is 0.638. The molecule has 0 N–H and O–H groups in total. The molecule has 0 saturated carbocycles. The second kappa shape index (κ2) is 5.96. The Morgan fingerprint density at radius 3 is 2.80 bits per heavy atom. The fourth-order valence-corrected chi connectivity index (χ4v) is 2.65. The summed E-state index contributed by atoms with van der Waals surface area (Å²) >= 11 is 1.28. The van der Waals surface area contributed by atoms with Gasteiger partial charge in [0.25, 0.3) is 0 Å². The molecular weight excluding hydrogens is 275 g/mol. The largest absolute Gasteiger partial charge is 0.383 e. The van der Waals surface area contributed by atoms with Crippen molar-refractivity contribution in [3.63, 3.8) is 0 Å². The molecule has 1 aromatic carbocycles. The second-order valence-electron chi connectivity index (χ2n) is 4.59. The van der Waals surface area contributed by atoms with Crippen LogP contribution in [-0.4, -0.2) is 29.8 Å². The van der Waals surface area contributed by atoms with Crippen LogP contribution < -0.4 is 0 Å². The molecule has 20 heavy (non-hydrogen) atoms. The molecule has 0 amide bonds. The van der Waals surface area contributed by atoms with Gasteiger partial charge in [-0.2, -0.15) is 0 Å². The summed E-state index contributed by atoms with van der Waals surface area (Å²) < 4.78 is 13.2. The number of aryl methyl sites for hydroxylation is 1. The normalized spacial score (nSPS) is 11.0. The lowest BCUT2D eigenvalue weighted by molar-refractivity contribution is 0.104. The van der Waals surface area contributed by atoms with Crippen molar-refractivity contribution in [2.75, 3.05) is 14.1 Å². The molecule has 0 spiro atoms. The number of rotatable bonds is 4. The first-order valence-electron chi connectivity index (χ1n) is 6.09. The molecule has 2 aromatic rings. The third-order valence-corrected chi connectivity index (χ3v) is 3.84. The van der Waals surface area contributed by atoms with E-state index >= 15 is 0 Å². The maximum absolute atomic E-state index is 13.2. The summed E-state index contributed by atoms with van der Waals surface area (Å²) in [4.78, 5) is 18.8. The number of aromatic nitrogens is 1. The molecule has 1 aromatic heterocycles. The van der Waals surface area contributed by atoms with Crippen molar-refractivity contribution in [2.45, 2.75) is 6.92 Å². The van der Waals surface area contributed by atoms with Gasteiger partial charge in [0, 0.05) is 31.9 Å². The van der Waals surface area contributed by atoms with Gasteiger partial charge in [-0.15, -0.1) is 11.3 Å². The van der Waals surface area contributed by atoms with E-state index < -0.39 is 0 Å². The van der Waals surface area contributed by atoms with Crippen molar-refractivity contribution in [3.8, 4) is 10.6 Å². The summed E-state index contributed by atoms with van der Waals surface area (Å²) in [6.07, 6.45) is 3.21. The van der Waals surface area contributed by atoms with E-state index in [1.165, 1.54) is 29.5 Å². The summed E-state index contributed by atoms with van der Waals surface area (Å²) in [6, 6.07) is 6.22. The molecule has 0 bridgehead atoms. The number of carbonyl (C=O) groups excluding carboxylic acids is 1. The molecule has 0 atom stereocenters. The molecule has 1 heterocycles. The maximum Gasteiger partial charge on any atom is 0.199 e. The molecular formula is C15H15FN2OS. The zero-order valence-corrected chi connectivity index (χ0v) is 12.4. The van der Waals surface area contributed by atoms with Crippen LogP contribution in [0.5, 0.6) is 0 Å². The molecule has 0 aliphatic carbocycles. The Hall–Kier alpha value is -2.01. The van der Waals surface area contributed by atoms with Gasteiger partial charge in [-0.05, 0) is 19.1 Å². The van der Waals surface area contributed by atoms with Gasteiger partial charge in [-0.25, -0.2) is 9.37 Å². The Kier molecular flexibility index (Phi) is 4.29. The van der Waals surface area contributed by atoms with Gasteiger partial charge < -0.3 is 4.90 Å². The Morgan fingerprint density at radius 2 is 2.15 bits per heavy atom. The summed E-state index contributed by atoms with van der Waals surface area (Å²) in [5.74, 6) is -0.396. The molecule has 0 radical (unpaired) electrons. The van der Waals surface area contributed by atoms with Gasteiger partial charge >= 0.3 is 0 Å². The second-order valence-corrected chi connectivity index (χ2v) is 5.59. The first kappa shape index (κ1) is 14.4. The highest BCUT2D eigenvalue weighted by atomic mass is 32.1. The van der Waals surface area contributed by atoms with Crippen molar-refractivity contribution in [3.05, 3.63) is 52.9 Å². The number of hydrogen-bond acceptors (Lipinski definition) is 4. The third-order valence-electron chi connectivity index (χ3n) is 2.62. The Bertz CT molecular complexity index is 662. The Labute approximate surface area is 121 Å². The van der Waals surface area contributed by atoms with Crippen LogP contribution in [0.4, 0.5) is 4.39 Å². The highest BCUT2D eigenvalue weighted by Gasteiger charge is 2.14. The number of allylic oxidation sites excluding steroid dienone is 1. The van der Waals surface area contributed by atoms with Crippen LogP contribution >= 0.6 is 11.3 Å². The Balaban J connectivity index is 2.32. The van der Waals surface area contributed by atoms with Crippen LogP contribution in [0.3, 0.4) is 0 Å². The lowest BCUT2D eigenvalue weighted by Gasteiger charge is -2.01. The van der Waals surface area contributed by atoms with Crippen LogP contribution in [0, 0.1) is 12.7 Å². The van der Waals surface area contributed by atoms with E-state index in [2.05, 4.69) is 4.98 Å². The first-order valence-corrected chi connectivity index (χ1v) is 6.91. The van der Waals surface area contributed by atoms with E-state index in [0.717, 1.165) is 0 Å². The zero-order chi connectivity index (χ0) is 14.7. The van der Waals surface area contributed by atoms with Crippen molar-refractivity contribution in [1.29, 1.82) is 0 Å². The third kappa shape index (κ3) is 3.30. The number of carbonyl (C=O) groups is 1. The fraction of sp³-hybridized carbons (Fsp3) is 0.200. The lowest BCUT2D eigenvalue weighted by atomic mass is 10.2. The van der Waals surface area contributed by atoms with Crippen molar-refractivity contribution < 1.29 is 9.18 Å². The predicted octanol–water partition coefficient (Wildman–Crippen LogP) is 3.52. The van der Waals surface area contributed by atoms with E-state index in [1.807, 2.05) is 14.1 Å². The van der Waals surface area contributed by atoms with Crippen molar-refractivity contribution >= 4 is 17.1 Å². The summed E-state index contributed by atoms with van der Waals surface area (Å²) in [6.45, 7) is 1.79. The Morgan fingerprint density at radius 1 is 1.40 bits per heavy atom. The van der Waals surface area contributed by atoms with E-state index in [9.17, 15) is 9.18 Å². The average Bonchev–Trinajstić information content (AvgIpc) is 2.78. The van der Waals surface area contributed by atoms with Crippen LogP contribution in [0.1, 0.15) is 15.4 Å². The summed E-state index contributed by atoms with van der Waals surface area (Å²) in [5, 5.41) is 0.656. The SMILES string of the molecule is Cc1nc(-c2cccc(F)c2)sc1C(=O)/C=C/N(C)C. The van der Waals surface area contributed by atoms with Gasteiger partial charge in [0.2, 0.25) is 0 Å². The molecule has 0 unspecified atom stereocenters. The van der Waals surface area contributed by atoms with Crippen LogP contribution in [-0.2, 0) is 0 Å². The minimum absolute atomic E-state index is 0.0867. The molecule has 2 rings (SSSR count). The number of ketones is 1. The van der Waals surface area contributed by atoms with E-state index in [0.29, 0.717) is 21.1 Å². The van der Waals surface area contributed by atoms with Crippen molar-refractivity contribution in [1.82, 2.24) is 9.88 Å². The predicted molar refractivity (Wildman–Crippen MR) is 79.4 cm³/mol. The molecule has 0 aliphatic heterocycles. The molecule has 104 valence electrons. The van der Waals surface area contributed by atoms with Gasteiger partial charge in [0.05, 0.1) is 10.6 Å². The molecule has 0 saturated heterocycles. The summed E-state index contributed by atoms with van der Waals surface area (Å²) in [7, 11) is 3.70. The number of benzene rings is 1. The smallest absolute Gasteiger partial charge is 0.199 e. The number of hydrogen-bond donors (Lipinski definition) is 0. The van der Waals surface area contributed by atoms with Gasteiger partial charge in [-0.3, -0.25) is 4.79 Å². The highest BCUT2D eigenvalue weighted by molar-refractivity contribution is 7.17. The van der Waals surface area contributed by atoms with Crippen molar-refractivity contribution in [2.24, 2.45) is 0 Å². The van der Waals surface area contributed by atoms with E-state index in [4.69, 9.17) is 0 Å². The first-order chi connectivity index (χ1) is 9.47. The van der Waals surface area contributed by atoms with E-state index in [1.54, 1.807) is 30.2 Å². The molecule has 0 aliphatic rings. The number of thiazole rings is 1. The molecule has 0 fully saturated rings. The maximum atomic E-state index is 13.2. The minimum Gasteiger partial charge on any atom is -0.383 e.